The Bertz CT molecular complexity index is 264. The van der Waals surface area contributed by atoms with Crippen LogP contribution in [0, 0.1) is 28.6 Å². The van der Waals surface area contributed by atoms with Gasteiger partial charge in [0.15, 0.2) is 0 Å². The molecule has 1 aliphatic heterocycles. The lowest BCUT2D eigenvalue weighted by molar-refractivity contribution is -0.126. The average Bonchev–Trinajstić information content (AvgIpc) is 2.83. The Hall–Kier alpha value is -1.04. The Labute approximate surface area is 71.8 Å². The van der Waals surface area contributed by atoms with Crippen molar-refractivity contribution in [3.05, 3.63) is 0 Å². The fourth-order valence-corrected chi connectivity index (χ4v) is 2.16. The third kappa shape index (κ3) is 0.726. The summed E-state index contributed by atoms with van der Waals surface area (Å²) in [6, 6.07) is 2.23. The van der Waals surface area contributed by atoms with Crippen LogP contribution in [0.5, 0.6) is 0 Å². The fraction of sp³-hybridized carbons (Fsp3) is 0.778. The van der Waals surface area contributed by atoms with Crippen LogP contribution in [0.3, 0.4) is 0 Å². The van der Waals surface area contributed by atoms with Gasteiger partial charge in [0.05, 0.1) is 6.07 Å². The molecule has 0 spiro atoms. The summed E-state index contributed by atoms with van der Waals surface area (Å²) in [5.74, 6) is 0.475. The second-order valence-corrected chi connectivity index (χ2v) is 3.87. The van der Waals surface area contributed by atoms with Crippen molar-refractivity contribution in [3.8, 4) is 6.07 Å². The molecular formula is C9H12N2O. The Kier molecular flexibility index (Phi) is 1.41. The molecule has 1 aliphatic carbocycles. The molecule has 0 bridgehead atoms. The highest BCUT2D eigenvalue weighted by atomic mass is 16.2. The van der Waals surface area contributed by atoms with Gasteiger partial charge in [0, 0.05) is 12.5 Å². The van der Waals surface area contributed by atoms with E-state index >= 15 is 0 Å². The smallest absolute Gasteiger partial charge is 0.241 e. The first-order chi connectivity index (χ1) is 5.71. The molecule has 1 heterocycles. The van der Waals surface area contributed by atoms with Crippen LogP contribution in [0.2, 0.25) is 0 Å². The van der Waals surface area contributed by atoms with Crippen LogP contribution in [-0.2, 0) is 4.79 Å². The second kappa shape index (κ2) is 2.22. The number of nitrogens with zero attached hydrogens (tertiary/aromatic N) is 1. The first-order valence-corrected chi connectivity index (χ1v) is 4.41. The number of nitrogens with one attached hydrogen (secondary N) is 1. The fourth-order valence-electron chi connectivity index (χ4n) is 2.16. The van der Waals surface area contributed by atoms with E-state index in [9.17, 15) is 4.79 Å². The van der Waals surface area contributed by atoms with Gasteiger partial charge in [-0.25, -0.2) is 0 Å². The van der Waals surface area contributed by atoms with Gasteiger partial charge < -0.3 is 5.32 Å². The summed E-state index contributed by atoms with van der Waals surface area (Å²) in [5.41, 5.74) is -0.681. The Balaban J connectivity index is 2.36. The van der Waals surface area contributed by atoms with Crippen molar-refractivity contribution in [2.45, 2.75) is 19.8 Å². The van der Waals surface area contributed by atoms with Gasteiger partial charge in [-0.15, -0.1) is 0 Å². The molecule has 2 unspecified atom stereocenters. The van der Waals surface area contributed by atoms with Gasteiger partial charge >= 0.3 is 0 Å². The summed E-state index contributed by atoms with van der Waals surface area (Å²) in [7, 11) is 0. The molecule has 3 heteroatoms. The zero-order valence-corrected chi connectivity index (χ0v) is 7.13. The van der Waals surface area contributed by atoms with Crippen LogP contribution in [0.25, 0.3) is 0 Å². The maximum Gasteiger partial charge on any atom is 0.241 e. The monoisotopic (exact) mass is 164 g/mol. The van der Waals surface area contributed by atoms with E-state index in [1.54, 1.807) is 0 Å². The summed E-state index contributed by atoms with van der Waals surface area (Å²) in [5, 5.41) is 11.8. The molecule has 12 heavy (non-hydrogen) atoms. The summed E-state index contributed by atoms with van der Waals surface area (Å²) in [4.78, 5) is 11.5. The number of hydrogen-bond acceptors (Lipinski definition) is 2. The van der Waals surface area contributed by atoms with Gasteiger partial charge in [-0.3, -0.25) is 4.79 Å². The number of nitriles is 1. The van der Waals surface area contributed by atoms with Crippen molar-refractivity contribution < 1.29 is 4.79 Å². The maximum atomic E-state index is 11.5. The molecule has 2 aliphatic rings. The molecule has 1 saturated heterocycles. The lowest BCUT2D eigenvalue weighted by atomic mass is 9.75. The topological polar surface area (TPSA) is 52.9 Å². The largest absolute Gasteiger partial charge is 0.354 e. The van der Waals surface area contributed by atoms with Crippen molar-refractivity contribution >= 4 is 5.91 Å². The minimum atomic E-state index is -0.681. The van der Waals surface area contributed by atoms with Gasteiger partial charge in [-0.05, 0) is 18.8 Å². The Morgan fingerprint density at radius 2 is 2.33 bits per heavy atom. The predicted octanol–water partition coefficient (Wildman–Crippen LogP) is 0.672. The molecule has 2 atom stereocenters. The molecule has 64 valence electrons. The molecule has 1 saturated carbocycles. The summed E-state index contributed by atoms with van der Waals surface area (Å²) >= 11 is 0. The van der Waals surface area contributed by atoms with Crippen molar-refractivity contribution in [3.63, 3.8) is 0 Å². The molecule has 0 radical (unpaired) electrons. The number of carbonyl (C=O) groups is 1. The minimum absolute atomic E-state index is 0.0417. The molecule has 1 amide bonds. The van der Waals surface area contributed by atoms with Crippen LogP contribution in [0.4, 0.5) is 0 Å². The third-order valence-electron chi connectivity index (χ3n) is 3.13. The summed E-state index contributed by atoms with van der Waals surface area (Å²) in [6.07, 6.45) is 2.09. The van der Waals surface area contributed by atoms with Gasteiger partial charge in [0.2, 0.25) is 5.91 Å². The van der Waals surface area contributed by atoms with E-state index < -0.39 is 5.41 Å². The van der Waals surface area contributed by atoms with Crippen molar-refractivity contribution in [1.82, 2.24) is 5.32 Å². The molecule has 3 nitrogen and oxygen atoms in total. The molecule has 0 aromatic heterocycles. The third-order valence-corrected chi connectivity index (χ3v) is 3.13. The molecule has 2 fully saturated rings. The molecule has 2 rings (SSSR count). The minimum Gasteiger partial charge on any atom is -0.354 e. The predicted molar refractivity (Wildman–Crippen MR) is 42.9 cm³/mol. The highest BCUT2D eigenvalue weighted by Gasteiger charge is 2.57. The molecular weight excluding hydrogens is 152 g/mol. The maximum absolute atomic E-state index is 11.5. The normalized spacial score (nSPS) is 40.7. The van der Waals surface area contributed by atoms with Crippen molar-refractivity contribution in [2.75, 3.05) is 6.54 Å². The van der Waals surface area contributed by atoms with E-state index in [0.717, 1.165) is 12.8 Å². The highest BCUT2D eigenvalue weighted by Crippen LogP contribution is 2.51. The average molecular weight is 164 g/mol. The SMILES string of the molecule is CC1CNC(=O)C1(C#N)C1CC1. The van der Waals surface area contributed by atoms with E-state index in [0.29, 0.717) is 12.5 Å². The van der Waals surface area contributed by atoms with Crippen LogP contribution in [-0.4, -0.2) is 12.5 Å². The van der Waals surface area contributed by atoms with E-state index in [-0.39, 0.29) is 11.8 Å². The summed E-state index contributed by atoms with van der Waals surface area (Å²) < 4.78 is 0. The van der Waals surface area contributed by atoms with Crippen molar-refractivity contribution in [1.29, 1.82) is 5.26 Å². The van der Waals surface area contributed by atoms with Crippen molar-refractivity contribution in [2.24, 2.45) is 17.3 Å². The van der Waals surface area contributed by atoms with Crippen LogP contribution in [0.15, 0.2) is 0 Å². The zero-order chi connectivity index (χ0) is 8.77. The molecule has 1 N–H and O–H groups in total. The van der Waals surface area contributed by atoms with Gasteiger partial charge in [-0.2, -0.15) is 5.26 Å². The van der Waals surface area contributed by atoms with E-state index in [1.165, 1.54) is 0 Å². The summed E-state index contributed by atoms with van der Waals surface area (Å²) in [6.45, 7) is 2.66. The first-order valence-electron chi connectivity index (χ1n) is 4.41. The Morgan fingerprint density at radius 3 is 2.67 bits per heavy atom. The highest BCUT2D eigenvalue weighted by molar-refractivity contribution is 5.88. The van der Waals surface area contributed by atoms with Crippen LogP contribution in [0.1, 0.15) is 19.8 Å². The van der Waals surface area contributed by atoms with E-state index in [1.807, 2.05) is 6.92 Å². The molecule has 0 aromatic carbocycles. The van der Waals surface area contributed by atoms with Gasteiger partial charge in [0.1, 0.15) is 5.41 Å². The lowest BCUT2D eigenvalue weighted by Gasteiger charge is -2.21. The second-order valence-electron chi connectivity index (χ2n) is 3.87. The van der Waals surface area contributed by atoms with E-state index in [4.69, 9.17) is 5.26 Å². The molecule has 0 aromatic rings. The number of rotatable bonds is 1. The number of carbonyl (C=O) groups excluding carboxylic acids is 1. The van der Waals surface area contributed by atoms with Crippen LogP contribution >= 0.6 is 0 Å². The van der Waals surface area contributed by atoms with Gasteiger partial charge in [0.25, 0.3) is 0 Å². The Morgan fingerprint density at radius 1 is 1.67 bits per heavy atom. The standard InChI is InChI=1S/C9H12N2O/c1-6-4-11-8(12)9(6,5-10)7-2-3-7/h6-7H,2-4H2,1H3,(H,11,12). The quantitative estimate of drug-likeness (QED) is 0.619. The number of amides is 1. The van der Waals surface area contributed by atoms with Gasteiger partial charge in [-0.1, -0.05) is 6.92 Å². The van der Waals surface area contributed by atoms with E-state index in [2.05, 4.69) is 11.4 Å². The zero-order valence-electron chi connectivity index (χ0n) is 7.13. The lowest BCUT2D eigenvalue weighted by Crippen LogP contribution is -2.34. The van der Waals surface area contributed by atoms with Crippen LogP contribution < -0.4 is 5.32 Å². The number of hydrogen-bond donors (Lipinski definition) is 1. The first kappa shape index (κ1) is 7.60.